The number of imidazole rings is 1. The van der Waals surface area contributed by atoms with Gasteiger partial charge in [-0.1, -0.05) is 30.3 Å². The first-order valence-electron chi connectivity index (χ1n) is 18.4. The molecule has 4 amide bonds. The van der Waals surface area contributed by atoms with Crippen molar-refractivity contribution in [2.24, 2.45) is 0 Å². The molecule has 4 aromatic rings. The molecule has 272 valence electrons. The van der Waals surface area contributed by atoms with Gasteiger partial charge in [0.1, 0.15) is 17.4 Å². The Morgan fingerprint density at radius 1 is 0.885 bits per heavy atom. The number of hydrogen-bond donors (Lipinski definition) is 3. The number of hydrogen-bond acceptors (Lipinski definition) is 8. The van der Waals surface area contributed by atoms with Crippen LogP contribution in [-0.2, 0) is 14.4 Å². The Morgan fingerprint density at radius 3 is 2.29 bits per heavy atom. The fourth-order valence-corrected chi connectivity index (χ4v) is 7.50. The molecule has 2 aromatic carbocycles. The van der Waals surface area contributed by atoms with Crippen molar-refractivity contribution in [3.8, 4) is 5.75 Å². The number of aromatic nitrogens is 2. The van der Waals surface area contributed by atoms with Gasteiger partial charge in [0.05, 0.1) is 23.9 Å². The molecular formula is C40H47N7O5. The Bertz CT molecular complexity index is 1910. The Morgan fingerprint density at radius 2 is 1.60 bits per heavy atom. The highest BCUT2D eigenvalue weighted by Crippen LogP contribution is 2.32. The Labute approximate surface area is 303 Å². The Hall–Kier alpha value is -5.23. The second-order valence-corrected chi connectivity index (χ2v) is 14.4. The molecule has 1 atom stereocenters. The quantitative estimate of drug-likeness (QED) is 0.192. The van der Waals surface area contributed by atoms with Crippen LogP contribution in [0.25, 0.3) is 5.65 Å². The maximum Gasteiger partial charge on any atom is 0.260 e. The summed E-state index contributed by atoms with van der Waals surface area (Å²) >= 11 is 0. The molecule has 12 nitrogen and oxygen atoms in total. The van der Waals surface area contributed by atoms with E-state index in [1.807, 2.05) is 77.9 Å². The van der Waals surface area contributed by atoms with Crippen LogP contribution >= 0.6 is 0 Å². The van der Waals surface area contributed by atoms with Crippen LogP contribution in [0, 0.1) is 0 Å². The van der Waals surface area contributed by atoms with Crippen molar-refractivity contribution in [1.82, 2.24) is 24.5 Å². The van der Waals surface area contributed by atoms with Crippen LogP contribution in [0.2, 0.25) is 0 Å². The van der Waals surface area contributed by atoms with Gasteiger partial charge in [-0.25, -0.2) is 4.98 Å². The predicted molar refractivity (Wildman–Crippen MR) is 199 cm³/mol. The summed E-state index contributed by atoms with van der Waals surface area (Å²) in [7, 11) is 0. The van der Waals surface area contributed by atoms with Crippen molar-refractivity contribution >= 4 is 40.7 Å². The molecule has 0 aliphatic carbocycles. The van der Waals surface area contributed by atoms with Gasteiger partial charge in [0, 0.05) is 55.3 Å². The zero-order chi connectivity index (χ0) is 36.2. The number of amides is 4. The number of para-hydroxylation sites is 1. The number of rotatable bonds is 10. The highest BCUT2D eigenvalue weighted by atomic mass is 16.5. The average molecular weight is 706 g/mol. The minimum Gasteiger partial charge on any atom is -0.490 e. The van der Waals surface area contributed by atoms with Crippen LogP contribution in [0.15, 0.2) is 73.1 Å². The van der Waals surface area contributed by atoms with Crippen LogP contribution in [0.5, 0.6) is 5.75 Å². The number of likely N-dealkylation sites (tertiary alicyclic amines) is 2. The molecule has 5 heterocycles. The molecule has 52 heavy (non-hydrogen) atoms. The summed E-state index contributed by atoms with van der Waals surface area (Å²) in [5.41, 5.74) is 4.99. The van der Waals surface area contributed by atoms with Gasteiger partial charge in [-0.05, 0) is 94.8 Å². The minimum atomic E-state index is -0.400. The van der Waals surface area contributed by atoms with Gasteiger partial charge >= 0.3 is 0 Å². The van der Waals surface area contributed by atoms with Crippen LogP contribution < -0.4 is 20.7 Å². The summed E-state index contributed by atoms with van der Waals surface area (Å²) in [5.74, 6) is 0.608. The number of ether oxygens (including phenoxy) is 1. The third-order valence-electron chi connectivity index (χ3n) is 10.4. The van der Waals surface area contributed by atoms with Crippen LogP contribution in [0.1, 0.15) is 85.8 Å². The summed E-state index contributed by atoms with van der Waals surface area (Å²) < 4.78 is 7.96. The molecule has 1 unspecified atom stereocenters. The zero-order valence-electron chi connectivity index (χ0n) is 29.8. The van der Waals surface area contributed by atoms with Gasteiger partial charge < -0.3 is 24.7 Å². The molecule has 3 saturated heterocycles. The van der Waals surface area contributed by atoms with E-state index >= 15 is 0 Å². The van der Waals surface area contributed by atoms with E-state index in [4.69, 9.17) is 9.72 Å². The van der Waals surface area contributed by atoms with E-state index in [1.54, 1.807) is 6.20 Å². The molecule has 0 saturated carbocycles. The highest BCUT2D eigenvalue weighted by molar-refractivity contribution is 6.06. The smallest absolute Gasteiger partial charge is 0.260 e. The van der Waals surface area contributed by atoms with E-state index in [9.17, 15) is 19.2 Å². The summed E-state index contributed by atoms with van der Waals surface area (Å²) in [6.07, 6.45) is 8.20. The van der Waals surface area contributed by atoms with Gasteiger partial charge in [0.2, 0.25) is 17.7 Å². The second kappa shape index (κ2) is 15.6. The van der Waals surface area contributed by atoms with Crippen molar-refractivity contribution in [2.75, 3.05) is 43.4 Å². The molecule has 3 aliphatic rings. The standard InChI is InChI=1S/C40H47N7O5/c1-26(2)52-35-22-36-43-34(24-47(36)23-32(35)39(50)42-30-6-4-3-5-7-30)29-14-18-45(19-15-29)25-38(49)46-20-16-28(17-21-46)27-8-10-31(11-9-27)41-33-12-13-37(48)44-40(33)51/h3-11,22-24,26,28-29,33,41H,12-21,25H2,1-2H3,(H,42,50)(H,44,48,51). The van der Waals surface area contributed by atoms with Crippen molar-refractivity contribution in [3.63, 3.8) is 0 Å². The third-order valence-corrected chi connectivity index (χ3v) is 10.4. The van der Waals surface area contributed by atoms with Crippen molar-refractivity contribution in [3.05, 3.63) is 89.9 Å². The molecular weight excluding hydrogens is 658 g/mol. The number of piperidine rings is 3. The van der Waals surface area contributed by atoms with Gasteiger partial charge in [-0.3, -0.25) is 29.4 Å². The lowest BCUT2D eigenvalue weighted by Crippen LogP contribution is -2.47. The number of nitrogens with zero attached hydrogens (tertiary/aromatic N) is 4. The maximum atomic E-state index is 13.3. The maximum absolute atomic E-state index is 13.3. The summed E-state index contributed by atoms with van der Waals surface area (Å²) in [6.45, 7) is 7.44. The fourth-order valence-electron chi connectivity index (χ4n) is 7.50. The number of fused-ring (bicyclic) bond motifs is 1. The highest BCUT2D eigenvalue weighted by Gasteiger charge is 2.29. The number of pyridine rings is 1. The molecule has 12 heteroatoms. The third kappa shape index (κ3) is 8.28. The summed E-state index contributed by atoms with van der Waals surface area (Å²) in [5, 5.41) is 8.59. The van der Waals surface area contributed by atoms with E-state index in [0.29, 0.717) is 42.3 Å². The first-order chi connectivity index (χ1) is 25.2. The largest absolute Gasteiger partial charge is 0.490 e. The molecule has 0 bridgehead atoms. The number of anilines is 2. The number of carbonyl (C=O) groups is 4. The lowest BCUT2D eigenvalue weighted by molar-refractivity contribution is -0.134. The number of imide groups is 1. The average Bonchev–Trinajstić information content (AvgIpc) is 3.56. The van der Waals surface area contributed by atoms with E-state index in [0.717, 1.165) is 68.9 Å². The Balaban J connectivity index is 0.894. The predicted octanol–water partition coefficient (Wildman–Crippen LogP) is 5.18. The zero-order valence-corrected chi connectivity index (χ0v) is 29.8. The molecule has 0 spiro atoms. The molecule has 3 fully saturated rings. The van der Waals surface area contributed by atoms with Gasteiger partial charge in [0.25, 0.3) is 5.91 Å². The lowest BCUT2D eigenvalue weighted by atomic mass is 9.89. The SMILES string of the molecule is CC(C)Oc1cc2nc(C3CCN(CC(=O)N4CCC(c5ccc(NC6CCC(=O)NC6=O)cc5)CC4)CC3)cn2cc1C(=O)Nc1ccccc1. The topological polar surface area (TPSA) is 137 Å². The van der Waals surface area contributed by atoms with Crippen LogP contribution in [-0.4, -0.2) is 87.7 Å². The summed E-state index contributed by atoms with van der Waals surface area (Å²) in [6, 6.07) is 19.0. The first kappa shape index (κ1) is 35.2. The number of benzene rings is 2. The molecule has 2 aromatic heterocycles. The van der Waals surface area contributed by atoms with E-state index in [2.05, 4.69) is 33.0 Å². The van der Waals surface area contributed by atoms with Crippen molar-refractivity contribution in [1.29, 1.82) is 0 Å². The number of nitrogens with one attached hydrogen (secondary N) is 3. The van der Waals surface area contributed by atoms with E-state index in [1.165, 1.54) is 5.56 Å². The second-order valence-electron chi connectivity index (χ2n) is 14.4. The van der Waals surface area contributed by atoms with Crippen molar-refractivity contribution in [2.45, 2.75) is 76.4 Å². The molecule has 3 N–H and O–H groups in total. The Kier molecular flexibility index (Phi) is 10.5. The van der Waals surface area contributed by atoms with Crippen LogP contribution in [0.4, 0.5) is 11.4 Å². The van der Waals surface area contributed by atoms with Gasteiger partial charge in [0.15, 0.2) is 0 Å². The summed E-state index contributed by atoms with van der Waals surface area (Å²) in [4.78, 5) is 59.4. The van der Waals surface area contributed by atoms with E-state index in [-0.39, 0.29) is 35.7 Å². The van der Waals surface area contributed by atoms with Crippen LogP contribution in [0.3, 0.4) is 0 Å². The van der Waals surface area contributed by atoms with E-state index < -0.39 is 6.04 Å². The van der Waals surface area contributed by atoms with Gasteiger partial charge in [-0.2, -0.15) is 0 Å². The molecule has 0 radical (unpaired) electrons. The molecule has 7 rings (SSSR count). The fraction of sp³-hybridized carbons (Fsp3) is 0.425. The van der Waals surface area contributed by atoms with Crippen molar-refractivity contribution < 1.29 is 23.9 Å². The van der Waals surface area contributed by atoms with Gasteiger partial charge in [-0.15, -0.1) is 0 Å². The lowest BCUT2D eigenvalue weighted by Gasteiger charge is -2.35. The number of carbonyl (C=O) groups excluding carboxylic acids is 4. The minimum absolute atomic E-state index is 0.103. The monoisotopic (exact) mass is 705 g/mol. The molecule has 3 aliphatic heterocycles. The normalized spacial score (nSPS) is 19.1. The first-order valence-corrected chi connectivity index (χ1v) is 18.4.